The van der Waals surface area contributed by atoms with Crippen LogP contribution in [0.2, 0.25) is 0 Å². The third-order valence-electron chi connectivity index (χ3n) is 2.42. The number of hydrogen-bond donors (Lipinski definition) is 2. The van der Waals surface area contributed by atoms with E-state index in [1.165, 1.54) is 0 Å². The largest absolute Gasteiger partial charge is 0.469 e. The molecule has 14 heavy (non-hydrogen) atoms. The van der Waals surface area contributed by atoms with Gasteiger partial charge in [-0.15, -0.1) is 0 Å². The lowest BCUT2D eigenvalue weighted by atomic mass is 9.83. The maximum Gasteiger partial charge on any atom is 0.469 e. The minimum Gasteiger partial charge on any atom is -0.303 e. The average molecular weight is 224 g/mol. The molecule has 0 amide bonds. The predicted molar refractivity (Wildman–Crippen MR) is 55.8 cm³/mol. The molecule has 0 fully saturated rings. The highest BCUT2D eigenvalue weighted by atomic mass is 31.2. The summed E-state index contributed by atoms with van der Waals surface area (Å²) in [5.74, 6) is 1.47. The van der Waals surface area contributed by atoms with E-state index in [0.29, 0.717) is 24.2 Å². The van der Waals surface area contributed by atoms with Crippen LogP contribution in [0.1, 0.15) is 34.1 Å². The average Bonchev–Trinajstić information content (AvgIpc) is 1.94. The maximum atomic E-state index is 10.4. The molecule has 4 nitrogen and oxygen atoms in total. The third kappa shape index (κ3) is 6.55. The molecule has 86 valence electrons. The van der Waals surface area contributed by atoms with Gasteiger partial charge in [0, 0.05) is 0 Å². The van der Waals surface area contributed by atoms with E-state index in [1.807, 2.05) is 0 Å². The van der Waals surface area contributed by atoms with Gasteiger partial charge in [-0.2, -0.15) is 0 Å². The van der Waals surface area contributed by atoms with Crippen LogP contribution in [0.4, 0.5) is 0 Å². The molecule has 0 unspecified atom stereocenters. The molecule has 2 N–H and O–H groups in total. The summed E-state index contributed by atoms with van der Waals surface area (Å²) in [7, 11) is -4.28. The van der Waals surface area contributed by atoms with Crippen molar-refractivity contribution in [2.75, 3.05) is 6.61 Å². The highest BCUT2D eigenvalue weighted by molar-refractivity contribution is 7.46. The zero-order valence-electron chi connectivity index (χ0n) is 9.30. The molecule has 0 aromatic rings. The van der Waals surface area contributed by atoms with Crippen molar-refractivity contribution in [3.05, 3.63) is 0 Å². The third-order valence-corrected chi connectivity index (χ3v) is 2.94. The van der Waals surface area contributed by atoms with Crippen LogP contribution in [0, 0.1) is 17.8 Å². The van der Waals surface area contributed by atoms with Gasteiger partial charge >= 0.3 is 7.82 Å². The van der Waals surface area contributed by atoms with Gasteiger partial charge in [0.25, 0.3) is 0 Å². The molecule has 0 aromatic carbocycles. The maximum absolute atomic E-state index is 10.4. The van der Waals surface area contributed by atoms with Crippen molar-refractivity contribution in [1.82, 2.24) is 0 Å². The van der Waals surface area contributed by atoms with Crippen molar-refractivity contribution in [2.24, 2.45) is 17.8 Å². The van der Waals surface area contributed by atoms with Crippen molar-refractivity contribution in [1.29, 1.82) is 0 Å². The predicted octanol–water partition coefficient (Wildman–Crippen LogP) is 2.41. The Labute approximate surface area is 85.9 Å². The van der Waals surface area contributed by atoms with E-state index < -0.39 is 7.82 Å². The van der Waals surface area contributed by atoms with E-state index in [2.05, 4.69) is 32.2 Å². The summed E-state index contributed by atoms with van der Waals surface area (Å²) in [6, 6.07) is 0. The zero-order chi connectivity index (χ0) is 11.4. The molecule has 5 heteroatoms. The summed E-state index contributed by atoms with van der Waals surface area (Å²) in [6.07, 6.45) is 0.695. The van der Waals surface area contributed by atoms with Crippen LogP contribution in [0.15, 0.2) is 0 Å². The number of phosphoric ester groups is 1. The Morgan fingerprint density at radius 3 is 1.86 bits per heavy atom. The Morgan fingerprint density at radius 2 is 1.57 bits per heavy atom. The second-order valence-corrected chi connectivity index (χ2v) is 5.50. The van der Waals surface area contributed by atoms with Gasteiger partial charge in [-0.25, -0.2) is 4.57 Å². The Kier molecular flexibility index (Phi) is 5.91. The molecule has 0 saturated heterocycles. The van der Waals surface area contributed by atoms with Gasteiger partial charge in [-0.3, -0.25) is 4.52 Å². The van der Waals surface area contributed by atoms with Gasteiger partial charge < -0.3 is 9.79 Å². The van der Waals surface area contributed by atoms with Gasteiger partial charge in [0.15, 0.2) is 0 Å². The SMILES string of the molecule is CC(C)C(CCOP(=O)(O)O)C(C)C. The van der Waals surface area contributed by atoms with Gasteiger partial charge in [-0.1, -0.05) is 27.7 Å². The molecule has 0 spiro atoms. The Hall–Kier alpha value is 0.110. The zero-order valence-corrected chi connectivity index (χ0v) is 10.2. The lowest BCUT2D eigenvalue weighted by Gasteiger charge is -2.24. The molecule has 0 aliphatic carbocycles. The number of hydrogen-bond acceptors (Lipinski definition) is 2. The van der Waals surface area contributed by atoms with E-state index in [0.717, 1.165) is 0 Å². The standard InChI is InChI=1S/C9H21O4P/c1-7(2)9(8(3)4)5-6-13-14(10,11)12/h7-9H,5-6H2,1-4H3,(H2,10,11,12). The van der Waals surface area contributed by atoms with Crippen LogP contribution in [0.25, 0.3) is 0 Å². The summed E-state index contributed by atoms with van der Waals surface area (Å²) in [6.45, 7) is 8.58. The molecule has 0 saturated carbocycles. The number of phosphoric acid groups is 1. The fourth-order valence-corrected chi connectivity index (χ4v) is 2.09. The molecule has 0 aliphatic rings. The van der Waals surface area contributed by atoms with Gasteiger partial charge in [-0.05, 0) is 24.2 Å². The minimum absolute atomic E-state index is 0.130. The van der Waals surface area contributed by atoms with E-state index >= 15 is 0 Å². The summed E-state index contributed by atoms with van der Waals surface area (Å²) >= 11 is 0. The number of rotatable bonds is 6. The summed E-state index contributed by atoms with van der Waals surface area (Å²) in [4.78, 5) is 17.0. The normalized spacial score (nSPS) is 13.2. The van der Waals surface area contributed by atoms with E-state index in [4.69, 9.17) is 9.79 Å². The summed E-state index contributed by atoms with van der Waals surface area (Å²) in [5, 5.41) is 0. The molecule has 0 radical (unpaired) electrons. The van der Waals surface area contributed by atoms with Gasteiger partial charge in [0.05, 0.1) is 6.61 Å². The first-order chi connectivity index (χ1) is 6.24. The van der Waals surface area contributed by atoms with Crippen molar-refractivity contribution in [2.45, 2.75) is 34.1 Å². The summed E-state index contributed by atoms with van der Waals surface area (Å²) < 4.78 is 14.9. The van der Waals surface area contributed by atoms with Crippen LogP contribution in [0.3, 0.4) is 0 Å². The van der Waals surface area contributed by atoms with Crippen molar-refractivity contribution < 1.29 is 18.9 Å². The van der Waals surface area contributed by atoms with E-state index in [1.54, 1.807) is 0 Å². The fraction of sp³-hybridized carbons (Fsp3) is 1.00. The highest BCUT2D eigenvalue weighted by Crippen LogP contribution is 2.36. The molecule has 0 aliphatic heterocycles. The van der Waals surface area contributed by atoms with Crippen LogP contribution in [0.5, 0.6) is 0 Å². The summed E-state index contributed by atoms with van der Waals surface area (Å²) in [5.41, 5.74) is 0. The van der Waals surface area contributed by atoms with Crippen LogP contribution >= 0.6 is 7.82 Å². The first-order valence-electron chi connectivity index (χ1n) is 4.94. The molecular weight excluding hydrogens is 203 g/mol. The minimum atomic E-state index is -4.28. The first kappa shape index (κ1) is 14.1. The molecule has 0 bridgehead atoms. The lowest BCUT2D eigenvalue weighted by Crippen LogP contribution is -2.17. The van der Waals surface area contributed by atoms with Crippen LogP contribution < -0.4 is 0 Å². The van der Waals surface area contributed by atoms with E-state index in [9.17, 15) is 4.57 Å². The topological polar surface area (TPSA) is 66.8 Å². The quantitative estimate of drug-likeness (QED) is 0.680. The molecule has 0 rings (SSSR count). The Balaban J connectivity index is 3.90. The van der Waals surface area contributed by atoms with Crippen LogP contribution in [-0.2, 0) is 9.09 Å². The monoisotopic (exact) mass is 224 g/mol. The van der Waals surface area contributed by atoms with E-state index in [-0.39, 0.29) is 6.61 Å². The highest BCUT2D eigenvalue weighted by Gasteiger charge is 2.20. The van der Waals surface area contributed by atoms with Crippen molar-refractivity contribution in [3.63, 3.8) is 0 Å². The Morgan fingerprint density at radius 1 is 1.14 bits per heavy atom. The fourth-order valence-electron chi connectivity index (χ4n) is 1.74. The smallest absolute Gasteiger partial charge is 0.303 e. The molecule has 0 atom stereocenters. The second kappa shape index (κ2) is 5.86. The van der Waals surface area contributed by atoms with Gasteiger partial charge in [0.1, 0.15) is 0 Å². The van der Waals surface area contributed by atoms with Crippen molar-refractivity contribution in [3.8, 4) is 0 Å². The second-order valence-electron chi connectivity index (χ2n) is 4.26. The van der Waals surface area contributed by atoms with Crippen molar-refractivity contribution >= 4 is 7.82 Å². The first-order valence-corrected chi connectivity index (χ1v) is 6.47. The molecule has 0 aromatic heterocycles. The van der Waals surface area contributed by atoms with Crippen LogP contribution in [-0.4, -0.2) is 16.4 Å². The molecular formula is C9H21O4P. The Bertz CT molecular complexity index is 189. The molecule has 0 heterocycles. The van der Waals surface area contributed by atoms with Gasteiger partial charge in [0.2, 0.25) is 0 Å². The lowest BCUT2D eigenvalue weighted by molar-refractivity contribution is 0.160.